The lowest BCUT2D eigenvalue weighted by molar-refractivity contribution is -0.140. The van der Waals surface area contributed by atoms with Gasteiger partial charge < -0.3 is 33.4 Å². The number of likely N-dealkylation sites (tertiary alicyclic amines) is 1. The molecule has 9 heteroatoms. The van der Waals surface area contributed by atoms with Crippen molar-refractivity contribution in [1.82, 2.24) is 4.90 Å². The summed E-state index contributed by atoms with van der Waals surface area (Å²) in [6, 6.07) is 12.6. The Morgan fingerprint density at radius 2 is 1.86 bits per heavy atom. The summed E-state index contributed by atoms with van der Waals surface area (Å²) in [5, 5.41) is 11.4. The minimum absolute atomic E-state index is 0.0374. The van der Waals surface area contributed by atoms with Gasteiger partial charge in [0.25, 0.3) is 11.7 Å². The first-order chi connectivity index (χ1) is 17.5. The molecule has 2 aromatic carbocycles. The van der Waals surface area contributed by atoms with E-state index in [1.54, 1.807) is 48.5 Å². The van der Waals surface area contributed by atoms with Crippen molar-refractivity contribution in [3.05, 3.63) is 77.3 Å². The van der Waals surface area contributed by atoms with Gasteiger partial charge in [-0.1, -0.05) is 6.07 Å². The van der Waals surface area contributed by atoms with E-state index in [-0.39, 0.29) is 17.9 Å². The Balaban J connectivity index is 1.64. The van der Waals surface area contributed by atoms with E-state index in [9.17, 15) is 14.7 Å². The van der Waals surface area contributed by atoms with Crippen LogP contribution in [0.5, 0.6) is 23.0 Å². The zero-order valence-corrected chi connectivity index (χ0v) is 19.9. The largest absolute Gasteiger partial charge is 0.507 e. The maximum absolute atomic E-state index is 13.3. The molecule has 3 heterocycles. The van der Waals surface area contributed by atoms with Crippen LogP contribution < -0.4 is 18.9 Å². The molecule has 2 aliphatic rings. The molecule has 0 saturated carbocycles. The van der Waals surface area contributed by atoms with Gasteiger partial charge in [-0.15, -0.1) is 0 Å². The second kappa shape index (κ2) is 9.69. The Hall–Kier alpha value is -4.40. The number of Topliss-reactive ketones (excluding diaryl/α,β-unsaturated/α-hetero) is 1. The lowest BCUT2D eigenvalue weighted by Gasteiger charge is -2.25. The number of fused-ring (bicyclic) bond motifs is 1. The van der Waals surface area contributed by atoms with Crippen molar-refractivity contribution in [2.45, 2.75) is 19.5 Å². The number of hydrogen-bond donors (Lipinski definition) is 1. The number of benzene rings is 2. The summed E-state index contributed by atoms with van der Waals surface area (Å²) in [6.07, 6.45) is 1.50. The Bertz CT molecular complexity index is 1330. The van der Waals surface area contributed by atoms with Crippen LogP contribution >= 0.6 is 0 Å². The van der Waals surface area contributed by atoms with Gasteiger partial charge in [-0.25, -0.2) is 0 Å². The van der Waals surface area contributed by atoms with E-state index in [1.165, 1.54) is 18.3 Å². The topological polar surface area (TPSA) is 108 Å². The van der Waals surface area contributed by atoms with Gasteiger partial charge in [-0.05, 0) is 55.0 Å². The molecule has 5 rings (SSSR count). The number of carbonyl (C=O) groups excluding carboxylic acids is 2. The molecule has 3 aromatic rings. The van der Waals surface area contributed by atoms with Gasteiger partial charge in [0.15, 0.2) is 23.0 Å². The van der Waals surface area contributed by atoms with E-state index < -0.39 is 17.7 Å². The molecular weight excluding hydrogens is 466 g/mol. The number of furan rings is 1. The van der Waals surface area contributed by atoms with Gasteiger partial charge in [-0.2, -0.15) is 0 Å². The Labute approximate surface area is 207 Å². The first-order valence-electron chi connectivity index (χ1n) is 11.5. The summed E-state index contributed by atoms with van der Waals surface area (Å²) in [5.74, 6) is 0.605. The average molecular weight is 491 g/mol. The van der Waals surface area contributed by atoms with Gasteiger partial charge in [-0.3, -0.25) is 9.59 Å². The second-order valence-electron chi connectivity index (χ2n) is 8.21. The Morgan fingerprint density at radius 3 is 2.58 bits per heavy atom. The predicted molar refractivity (Wildman–Crippen MR) is 128 cm³/mol. The minimum Gasteiger partial charge on any atom is -0.507 e. The number of methoxy groups -OCH3 is 1. The summed E-state index contributed by atoms with van der Waals surface area (Å²) in [4.78, 5) is 27.9. The van der Waals surface area contributed by atoms with Gasteiger partial charge >= 0.3 is 0 Å². The zero-order chi connectivity index (χ0) is 25.2. The molecule has 0 aliphatic carbocycles. The van der Waals surface area contributed by atoms with Crippen LogP contribution in [0.15, 0.2) is 64.8 Å². The predicted octanol–water partition coefficient (Wildman–Crippen LogP) is 4.08. The van der Waals surface area contributed by atoms with Gasteiger partial charge in [0.2, 0.25) is 0 Å². The van der Waals surface area contributed by atoms with Crippen LogP contribution in [-0.4, -0.2) is 48.6 Å². The maximum Gasteiger partial charge on any atom is 0.296 e. The highest BCUT2D eigenvalue weighted by Gasteiger charge is 2.46. The average Bonchev–Trinajstić information content (AvgIpc) is 3.51. The van der Waals surface area contributed by atoms with Crippen LogP contribution in [0.1, 0.15) is 29.9 Å². The highest BCUT2D eigenvalue weighted by Crippen LogP contribution is 2.43. The Morgan fingerprint density at radius 1 is 1.06 bits per heavy atom. The third-order valence-corrected chi connectivity index (χ3v) is 6.07. The van der Waals surface area contributed by atoms with Gasteiger partial charge in [0.05, 0.1) is 38.1 Å². The molecule has 0 bridgehead atoms. The second-order valence-corrected chi connectivity index (χ2v) is 8.21. The number of nitrogens with zero attached hydrogens (tertiary/aromatic N) is 1. The monoisotopic (exact) mass is 491 g/mol. The van der Waals surface area contributed by atoms with Crippen molar-refractivity contribution in [2.75, 3.05) is 26.9 Å². The smallest absolute Gasteiger partial charge is 0.296 e. The van der Waals surface area contributed by atoms with Crippen LogP contribution in [0.2, 0.25) is 0 Å². The highest BCUT2D eigenvalue weighted by molar-refractivity contribution is 6.46. The quantitative estimate of drug-likeness (QED) is 0.299. The van der Waals surface area contributed by atoms with E-state index in [1.807, 2.05) is 6.92 Å². The van der Waals surface area contributed by atoms with Crippen molar-refractivity contribution in [1.29, 1.82) is 0 Å². The molecule has 186 valence electrons. The number of aliphatic hydroxyl groups excluding tert-OH is 1. The third-order valence-electron chi connectivity index (χ3n) is 6.07. The van der Waals surface area contributed by atoms with E-state index >= 15 is 0 Å². The first kappa shape index (κ1) is 23.3. The first-order valence-corrected chi connectivity index (χ1v) is 11.5. The molecule has 0 spiro atoms. The molecular formula is C27H25NO8. The summed E-state index contributed by atoms with van der Waals surface area (Å²) in [5.41, 5.74) is 0.854. The summed E-state index contributed by atoms with van der Waals surface area (Å²) < 4.78 is 27.7. The molecule has 1 atom stereocenters. The maximum atomic E-state index is 13.3. The lowest BCUT2D eigenvalue weighted by atomic mass is 9.94. The van der Waals surface area contributed by atoms with Crippen LogP contribution in [0.25, 0.3) is 5.76 Å². The van der Waals surface area contributed by atoms with Gasteiger partial charge in [0.1, 0.15) is 24.7 Å². The van der Waals surface area contributed by atoms with Crippen LogP contribution in [0.4, 0.5) is 0 Å². The fraction of sp³-hybridized carbons (Fsp3) is 0.259. The number of ether oxygens (including phenoxy) is 4. The number of ketones is 1. The van der Waals surface area contributed by atoms with Crippen LogP contribution in [0.3, 0.4) is 0 Å². The SMILES string of the molecule is CCOc1ccc(C2C(=C(O)c3ccc4c(c3)OCCO4)C(=O)C(=O)N2Cc2ccco2)cc1OC. The molecule has 0 radical (unpaired) electrons. The molecule has 1 aromatic heterocycles. The minimum atomic E-state index is -0.895. The fourth-order valence-corrected chi connectivity index (χ4v) is 4.44. The summed E-state index contributed by atoms with van der Waals surface area (Å²) in [7, 11) is 1.51. The number of amides is 1. The number of carbonyl (C=O) groups is 2. The summed E-state index contributed by atoms with van der Waals surface area (Å²) >= 11 is 0. The molecule has 9 nitrogen and oxygen atoms in total. The van der Waals surface area contributed by atoms with Crippen molar-refractivity contribution in [3.8, 4) is 23.0 Å². The number of aliphatic hydroxyl groups is 1. The lowest BCUT2D eigenvalue weighted by Crippen LogP contribution is -2.29. The number of hydrogen-bond acceptors (Lipinski definition) is 8. The van der Waals surface area contributed by atoms with E-state index in [0.29, 0.717) is 59.7 Å². The van der Waals surface area contributed by atoms with Crippen LogP contribution in [0, 0.1) is 0 Å². The molecule has 1 amide bonds. The van der Waals surface area contributed by atoms with Crippen molar-refractivity contribution >= 4 is 17.4 Å². The van der Waals surface area contributed by atoms with E-state index in [4.69, 9.17) is 23.4 Å². The molecule has 2 aliphatic heterocycles. The molecule has 1 fully saturated rings. The Kier molecular flexibility index (Phi) is 6.28. The third kappa shape index (κ3) is 4.13. The van der Waals surface area contributed by atoms with Crippen molar-refractivity contribution in [3.63, 3.8) is 0 Å². The van der Waals surface area contributed by atoms with Crippen molar-refractivity contribution < 1.29 is 38.1 Å². The fourth-order valence-electron chi connectivity index (χ4n) is 4.44. The summed E-state index contributed by atoms with van der Waals surface area (Å²) in [6.45, 7) is 3.14. The van der Waals surface area contributed by atoms with E-state index in [0.717, 1.165) is 0 Å². The zero-order valence-electron chi connectivity index (χ0n) is 19.9. The van der Waals surface area contributed by atoms with E-state index in [2.05, 4.69) is 0 Å². The molecule has 1 unspecified atom stereocenters. The van der Waals surface area contributed by atoms with Crippen molar-refractivity contribution in [2.24, 2.45) is 0 Å². The van der Waals surface area contributed by atoms with Crippen LogP contribution in [-0.2, 0) is 16.1 Å². The molecule has 1 saturated heterocycles. The highest BCUT2D eigenvalue weighted by atomic mass is 16.6. The normalized spacial score (nSPS) is 18.4. The van der Waals surface area contributed by atoms with Gasteiger partial charge in [0, 0.05) is 5.56 Å². The standard InChI is InChI=1S/C27H25NO8/c1-3-33-19-8-6-16(13-21(19)32-2)24-23(26(30)27(31)28(24)15-18-5-4-10-34-18)25(29)17-7-9-20-22(14-17)36-12-11-35-20/h4-10,13-14,24,29H,3,11-12,15H2,1-2H3. The molecule has 36 heavy (non-hydrogen) atoms. The number of rotatable bonds is 7. The molecule has 1 N–H and O–H groups in total.